The molecule has 36 heavy (non-hydrogen) atoms. The zero-order valence-electron chi connectivity index (χ0n) is 19.2. The normalized spacial score (nSPS) is 10.9. The fraction of sp³-hybridized carbons (Fsp3) is 0.0741. The van der Waals surface area contributed by atoms with Crippen LogP contribution in [0.2, 0.25) is 5.02 Å². The van der Waals surface area contributed by atoms with Crippen molar-refractivity contribution in [2.75, 3.05) is 17.7 Å². The van der Waals surface area contributed by atoms with E-state index in [9.17, 15) is 4.79 Å². The third-order valence-corrected chi connectivity index (χ3v) is 6.48. The summed E-state index contributed by atoms with van der Waals surface area (Å²) in [6, 6.07) is 24.2. The molecule has 0 aliphatic heterocycles. The number of hydrogen-bond acceptors (Lipinski definition) is 5. The minimum absolute atomic E-state index is 0.199. The van der Waals surface area contributed by atoms with Gasteiger partial charge < -0.3 is 15.4 Å². The maximum Gasteiger partial charge on any atom is 0.255 e. The molecule has 0 aliphatic carbocycles. The Labute approximate surface area is 221 Å². The van der Waals surface area contributed by atoms with E-state index in [1.165, 1.54) is 0 Å². The standard InChI is InChI=1S/C27H21BrClN5O2/c1-36-20-6-4-5-18(13-20)27(35)32-19-11-9-17(10-12-19)15-30-25-14-24(21-7-2-3-8-23(21)29)33-26-22(28)16-31-34(25)26/h2-14,16,30H,15H2,1H3,(H,32,35). The number of halogens is 2. The zero-order valence-corrected chi connectivity index (χ0v) is 21.5. The summed E-state index contributed by atoms with van der Waals surface area (Å²) in [5.74, 6) is 1.21. The SMILES string of the molecule is COc1cccc(C(=O)Nc2ccc(CNc3cc(-c4ccccc4Cl)nc4c(Br)cnn34)cc2)c1. The monoisotopic (exact) mass is 561 g/mol. The molecule has 2 heterocycles. The number of nitrogens with zero attached hydrogens (tertiary/aromatic N) is 3. The van der Waals surface area contributed by atoms with Crippen LogP contribution >= 0.6 is 27.5 Å². The molecule has 180 valence electrons. The predicted octanol–water partition coefficient (Wildman–Crippen LogP) is 6.69. The van der Waals surface area contributed by atoms with Crippen molar-refractivity contribution in [3.05, 3.63) is 106 Å². The lowest BCUT2D eigenvalue weighted by molar-refractivity contribution is 0.102. The number of carbonyl (C=O) groups is 1. The summed E-state index contributed by atoms with van der Waals surface area (Å²) in [5, 5.41) is 11.4. The van der Waals surface area contributed by atoms with Crippen LogP contribution in [0.25, 0.3) is 16.9 Å². The molecule has 0 saturated carbocycles. The van der Waals surface area contributed by atoms with E-state index in [0.717, 1.165) is 27.1 Å². The highest BCUT2D eigenvalue weighted by molar-refractivity contribution is 9.10. The van der Waals surface area contributed by atoms with Gasteiger partial charge in [0.15, 0.2) is 5.65 Å². The number of ether oxygens (including phenoxy) is 1. The lowest BCUT2D eigenvalue weighted by atomic mass is 10.1. The highest BCUT2D eigenvalue weighted by Crippen LogP contribution is 2.30. The molecule has 7 nitrogen and oxygen atoms in total. The molecule has 2 aromatic heterocycles. The molecule has 0 unspecified atom stereocenters. The third-order valence-electron chi connectivity index (χ3n) is 5.60. The van der Waals surface area contributed by atoms with Gasteiger partial charge in [0, 0.05) is 34.4 Å². The first kappa shape index (κ1) is 23.8. The molecule has 3 aromatic carbocycles. The number of carbonyl (C=O) groups excluding carboxylic acids is 1. The van der Waals surface area contributed by atoms with Crippen molar-refractivity contribution >= 4 is 50.6 Å². The van der Waals surface area contributed by atoms with E-state index < -0.39 is 0 Å². The number of benzene rings is 3. The van der Waals surface area contributed by atoms with E-state index in [2.05, 4.69) is 31.7 Å². The number of amides is 1. The van der Waals surface area contributed by atoms with Crippen LogP contribution in [-0.4, -0.2) is 27.6 Å². The molecular formula is C27H21BrClN5O2. The molecule has 5 rings (SSSR count). The molecule has 0 fully saturated rings. The Morgan fingerprint density at radius 3 is 2.64 bits per heavy atom. The van der Waals surface area contributed by atoms with Crippen LogP contribution in [0, 0.1) is 0 Å². The summed E-state index contributed by atoms with van der Waals surface area (Å²) in [7, 11) is 1.57. The first-order chi connectivity index (χ1) is 17.5. The number of anilines is 2. The van der Waals surface area contributed by atoms with Gasteiger partial charge in [-0.2, -0.15) is 9.61 Å². The van der Waals surface area contributed by atoms with Crippen molar-refractivity contribution in [3.63, 3.8) is 0 Å². The Morgan fingerprint density at radius 1 is 1.06 bits per heavy atom. The van der Waals surface area contributed by atoms with Crippen molar-refractivity contribution < 1.29 is 9.53 Å². The van der Waals surface area contributed by atoms with E-state index in [0.29, 0.717) is 34.2 Å². The van der Waals surface area contributed by atoms with Gasteiger partial charge in [0.05, 0.1) is 23.5 Å². The van der Waals surface area contributed by atoms with Gasteiger partial charge in [0.1, 0.15) is 11.6 Å². The Morgan fingerprint density at radius 2 is 1.86 bits per heavy atom. The van der Waals surface area contributed by atoms with Gasteiger partial charge >= 0.3 is 0 Å². The highest BCUT2D eigenvalue weighted by atomic mass is 79.9. The first-order valence-electron chi connectivity index (χ1n) is 11.1. The smallest absolute Gasteiger partial charge is 0.255 e. The van der Waals surface area contributed by atoms with Gasteiger partial charge in [-0.3, -0.25) is 4.79 Å². The second kappa shape index (κ2) is 10.4. The summed E-state index contributed by atoms with van der Waals surface area (Å²) in [5.41, 5.74) is 4.54. The van der Waals surface area contributed by atoms with E-state index in [-0.39, 0.29) is 5.91 Å². The van der Waals surface area contributed by atoms with Gasteiger partial charge in [-0.25, -0.2) is 4.98 Å². The molecule has 0 saturated heterocycles. The van der Waals surface area contributed by atoms with Crippen LogP contribution in [0.1, 0.15) is 15.9 Å². The van der Waals surface area contributed by atoms with Crippen LogP contribution in [0.4, 0.5) is 11.5 Å². The van der Waals surface area contributed by atoms with Gasteiger partial charge in [0.2, 0.25) is 0 Å². The molecular weight excluding hydrogens is 542 g/mol. The molecule has 1 amide bonds. The van der Waals surface area contributed by atoms with Crippen molar-refractivity contribution in [2.24, 2.45) is 0 Å². The summed E-state index contributed by atoms with van der Waals surface area (Å²) in [6.45, 7) is 0.544. The van der Waals surface area contributed by atoms with Crippen molar-refractivity contribution in [3.8, 4) is 17.0 Å². The van der Waals surface area contributed by atoms with E-state index in [1.807, 2.05) is 54.6 Å². The zero-order chi connectivity index (χ0) is 25.1. The average Bonchev–Trinajstić information content (AvgIpc) is 3.29. The quantitative estimate of drug-likeness (QED) is 0.231. The topological polar surface area (TPSA) is 80.5 Å². The molecule has 9 heteroatoms. The predicted molar refractivity (Wildman–Crippen MR) is 146 cm³/mol. The minimum Gasteiger partial charge on any atom is -0.497 e. The number of fused-ring (bicyclic) bond motifs is 1. The van der Waals surface area contributed by atoms with E-state index >= 15 is 0 Å². The third kappa shape index (κ3) is 5.05. The second-order valence-electron chi connectivity index (χ2n) is 7.97. The van der Waals surface area contributed by atoms with Gasteiger partial charge in [-0.05, 0) is 57.9 Å². The maximum absolute atomic E-state index is 12.6. The fourth-order valence-electron chi connectivity index (χ4n) is 3.74. The van der Waals surface area contributed by atoms with Crippen LogP contribution < -0.4 is 15.4 Å². The molecule has 0 bridgehead atoms. The Hall–Kier alpha value is -3.88. The van der Waals surface area contributed by atoms with Crippen molar-refractivity contribution in [1.29, 1.82) is 0 Å². The van der Waals surface area contributed by atoms with E-state index in [1.54, 1.807) is 42.1 Å². The van der Waals surface area contributed by atoms with Crippen molar-refractivity contribution in [1.82, 2.24) is 14.6 Å². The number of methoxy groups -OCH3 is 1. The first-order valence-corrected chi connectivity index (χ1v) is 12.3. The number of aromatic nitrogens is 3. The van der Waals surface area contributed by atoms with Crippen LogP contribution in [0.5, 0.6) is 5.75 Å². The summed E-state index contributed by atoms with van der Waals surface area (Å²) in [6.07, 6.45) is 1.71. The second-order valence-corrected chi connectivity index (χ2v) is 9.23. The lowest BCUT2D eigenvalue weighted by Crippen LogP contribution is -2.12. The van der Waals surface area contributed by atoms with Crippen LogP contribution in [0.15, 0.2) is 89.5 Å². The molecule has 5 aromatic rings. The number of rotatable bonds is 7. The molecule has 2 N–H and O–H groups in total. The molecule has 0 radical (unpaired) electrons. The van der Waals surface area contributed by atoms with Crippen LogP contribution in [-0.2, 0) is 6.54 Å². The largest absolute Gasteiger partial charge is 0.497 e. The lowest BCUT2D eigenvalue weighted by Gasteiger charge is -2.12. The minimum atomic E-state index is -0.199. The van der Waals surface area contributed by atoms with Crippen molar-refractivity contribution in [2.45, 2.75) is 6.54 Å². The molecule has 0 atom stereocenters. The summed E-state index contributed by atoms with van der Waals surface area (Å²) < 4.78 is 7.73. The number of nitrogens with one attached hydrogen (secondary N) is 2. The van der Waals surface area contributed by atoms with Crippen LogP contribution in [0.3, 0.4) is 0 Å². The highest BCUT2D eigenvalue weighted by Gasteiger charge is 2.13. The Balaban J connectivity index is 1.32. The van der Waals surface area contributed by atoms with Gasteiger partial charge in [-0.15, -0.1) is 0 Å². The van der Waals surface area contributed by atoms with Gasteiger partial charge in [0.25, 0.3) is 5.91 Å². The molecule has 0 aliphatic rings. The Kier molecular flexibility index (Phi) is 6.88. The summed E-state index contributed by atoms with van der Waals surface area (Å²) in [4.78, 5) is 17.3. The maximum atomic E-state index is 12.6. The van der Waals surface area contributed by atoms with E-state index in [4.69, 9.17) is 21.3 Å². The Bertz CT molecular complexity index is 1550. The van der Waals surface area contributed by atoms with Gasteiger partial charge in [-0.1, -0.05) is 48.0 Å². The summed E-state index contributed by atoms with van der Waals surface area (Å²) >= 11 is 9.95. The average molecular weight is 563 g/mol. The fourth-order valence-corrected chi connectivity index (χ4v) is 4.32. The number of hydrogen-bond donors (Lipinski definition) is 2. The molecule has 0 spiro atoms.